The Labute approximate surface area is 151 Å². The van der Waals surface area contributed by atoms with Gasteiger partial charge in [-0.3, -0.25) is 9.59 Å². The zero-order valence-electron chi connectivity index (χ0n) is 14.2. The summed E-state index contributed by atoms with van der Waals surface area (Å²) in [5.74, 6) is -0.0762. The number of amides is 2. The first-order valence-electron chi connectivity index (χ1n) is 8.03. The van der Waals surface area contributed by atoms with Crippen LogP contribution in [0.2, 0.25) is 0 Å². The van der Waals surface area contributed by atoms with E-state index < -0.39 is 10.0 Å². The smallest absolute Gasteiger partial charge is 0.289 e. The van der Waals surface area contributed by atoms with Gasteiger partial charge in [0.15, 0.2) is 5.76 Å². The average Bonchev–Trinajstić information content (AvgIpc) is 3.06. The van der Waals surface area contributed by atoms with Crippen molar-refractivity contribution >= 4 is 21.8 Å². The maximum atomic E-state index is 12.5. The zero-order valence-corrected chi connectivity index (χ0v) is 15.0. The minimum absolute atomic E-state index is 0.0433. The lowest BCUT2D eigenvalue weighted by Gasteiger charge is -2.34. The monoisotopic (exact) mass is 377 g/mol. The molecule has 2 amide bonds. The van der Waals surface area contributed by atoms with Crippen molar-refractivity contribution in [1.82, 2.24) is 9.80 Å². The number of rotatable bonds is 3. The van der Waals surface area contributed by atoms with Crippen LogP contribution in [0.4, 0.5) is 0 Å². The summed E-state index contributed by atoms with van der Waals surface area (Å²) < 4.78 is 27.8. The third-order valence-corrected chi connectivity index (χ3v) is 5.27. The zero-order chi connectivity index (χ0) is 18.9. The van der Waals surface area contributed by atoms with Crippen LogP contribution in [0.15, 0.2) is 45.9 Å². The van der Waals surface area contributed by atoms with Gasteiger partial charge in [-0.25, -0.2) is 13.6 Å². The highest BCUT2D eigenvalue weighted by Crippen LogP contribution is 2.16. The standard InChI is InChI=1S/C17H19N3O5S/c1-12-6-11-25-15(12)17(22)20-9-7-19(8-10-20)16(21)13-2-4-14(5-3-13)26(18,23)24/h2-6,11H,7-10H2,1H3,(H2,18,23,24). The Morgan fingerprint density at radius 1 is 0.962 bits per heavy atom. The van der Waals surface area contributed by atoms with Gasteiger partial charge in [-0.2, -0.15) is 0 Å². The molecular weight excluding hydrogens is 358 g/mol. The van der Waals surface area contributed by atoms with E-state index in [2.05, 4.69) is 0 Å². The SMILES string of the molecule is Cc1ccoc1C(=O)N1CCN(C(=O)c2ccc(S(N)(=O)=O)cc2)CC1. The Kier molecular flexibility index (Phi) is 4.84. The Morgan fingerprint density at radius 2 is 1.50 bits per heavy atom. The molecule has 2 heterocycles. The number of carbonyl (C=O) groups excluding carboxylic acids is 2. The fourth-order valence-corrected chi connectivity index (χ4v) is 3.33. The van der Waals surface area contributed by atoms with Crippen molar-refractivity contribution in [1.29, 1.82) is 0 Å². The van der Waals surface area contributed by atoms with Crippen LogP contribution in [0.25, 0.3) is 0 Å². The van der Waals surface area contributed by atoms with Crippen molar-refractivity contribution < 1.29 is 22.4 Å². The summed E-state index contributed by atoms with van der Waals surface area (Å²) in [5.41, 5.74) is 1.16. The van der Waals surface area contributed by atoms with E-state index in [4.69, 9.17) is 9.56 Å². The first-order valence-corrected chi connectivity index (χ1v) is 9.57. The van der Waals surface area contributed by atoms with Crippen LogP contribution in [0.3, 0.4) is 0 Å². The molecule has 1 fully saturated rings. The summed E-state index contributed by atoms with van der Waals surface area (Å²) in [6.45, 7) is 3.39. The van der Waals surface area contributed by atoms with Gasteiger partial charge in [0.1, 0.15) is 0 Å². The third-order valence-electron chi connectivity index (χ3n) is 4.34. The lowest BCUT2D eigenvalue weighted by molar-refractivity contribution is 0.0517. The fraction of sp³-hybridized carbons (Fsp3) is 0.294. The summed E-state index contributed by atoms with van der Waals surface area (Å²) >= 11 is 0. The molecule has 8 nitrogen and oxygen atoms in total. The van der Waals surface area contributed by atoms with E-state index in [1.807, 2.05) is 6.92 Å². The molecule has 1 aliphatic heterocycles. The Bertz CT molecular complexity index is 926. The second-order valence-corrected chi connectivity index (χ2v) is 7.65. The van der Waals surface area contributed by atoms with Gasteiger partial charge in [-0.15, -0.1) is 0 Å². The molecular formula is C17H19N3O5S. The van der Waals surface area contributed by atoms with Gasteiger partial charge in [0.25, 0.3) is 11.8 Å². The average molecular weight is 377 g/mol. The molecule has 1 aliphatic rings. The van der Waals surface area contributed by atoms with E-state index in [9.17, 15) is 18.0 Å². The largest absolute Gasteiger partial charge is 0.459 e. The molecule has 0 spiro atoms. The number of benzene rings is 1. The second kappa shape index (κ2) is 6.93. The molecule has 0 aliphatic carbocycles. The number of sulfonamides is 1. The van der Waals surface area contributed by atoms with Crippen LogP contribution in [0.1, 0.15) is 26.5 Å². The van der Waals surface area contributed by atoms with Gasteiger partial charge in [0, 0.05) is 37.3 Å². The van der Waals surface area contributed by atoms with Gasteiger partial charge in [0.05, 0.1) is 11.2 Å². The maximum absolute atomic E-state index is 12.5. The summed E-state index contributed by atoms with van der Waals surface area (Å²) in [6, 6.07) is 7.22. The number of nitrogens with zero attached hydrogens (tertiary/aromatic N) is 2. The Morgan fingerprint density at radius 3 is 1.96 bits per heavy atom. The second-order valence-electron chi connectivity index (χ2n) is 6.09. The number of aryl methyl sites for hydroxylation is 1. The number of primary sulfonamides is 1. The van der Waals surface area contributed by atoms with Crippen LogP contribution in [0, 0.1) is 6.92 Å². The molecule has 9 heteroatoms. The molecule has 2 aromatic rings. The molecule has 26 heavy (non-hydrogen) atoms. The van der Waals surface area contributed by atoms with Gasteiger partial charge in [0.2, 0.25) is 10.0 Å². The molecule has 0 atom stereocenters. The van der Waals surface area contributed by atoms with Crippen LogP contribution in [-0.4, -0.2) is 56.2 Å². The predicted molar refractivity (Wildman–Crippen MR) is 93.1 cm³/mol. The topological polar surface area (TPSA) is 114 Å². The van der Waals surface area contributed by atoms with Crippen molar-refractivity contribution in [3.8, 4) is 0 Å². The fourth-order valence-electron chi connectivity index (χ4n) is 2.82. The number of hydrogen-bond donors (Lipinski definition) is 1. The number of carbonyl (C=O) groups is 2. The highest BCUT2D eigenvalue weighted by Gasteiger charge is 2.27. The van der Waals surface area contributed by atoms with E-state index in [1.165, 1.54) is 30.5 Å². The van der Waals surface area contributed by atoms with E-state index in [1.54, 1.807) is 15.9 Å². The molecule has 2 N–H and O–H groups in total. The van der Waals surface area contributed by atoms with E-state index in [0.29, 0.717) is 37.5 Å². The summed E-state index contributed by atoms with van der Waals surface area (Å²) in [4.78, 5) is 28.2. The van der Waals surface area contributed by atoms with E-state index >= 15 is 0 Å². The highest BCUT2D eigenvalue weighted by atomic mass is 32.2. The van der Waals surface area contributed by atoms with Crippen LogP contribution in [0.5, 0.6) is 0 Å². The number of nitrogens with two attached hydrogens (primary N) is 1. The third kappa shape index (κ3) is 3.63. The van der Waals surface area contributed by atoms with Gasteiger partial charge in [-0.1, -0.05) is 0 Å². The molecule has 0 bridgehead atoms. The van der Waals surface area contributed by atoms with E-state index in [0.717, 1.165) is 5.56 Å². The Hall–Kier alpha value is -2.65. The van der Waals surface area contributed by atoms with Crippen LogP contribution < -0.4 is 5.14 Å². The number of furan rings is 1. The molecule has 1 aromatic heterocycles. The minimum atomic E-state index is -3.79. The van der Waals surface area contributed by atoms with Crippen molar-refractivity contribution in [3.05, 3.63) is 53.5 Å². The molecule has 1 aromatic carbocycles. The molecule has 3 rings (SSSR count). The normalized spacial score (nSPS) is 15.2. The van der Waals surface area contributed by atoms with Gasteiger partial charge < -0.3 is 14.2 Å². The van der Waals surface area contributed by atoms with E-state index in [-0.39, 0.29) is 16.7 Å². The van der Waals surface area contributed by atoms with Gasteiger partial charge >= 0.3 is 0 Å². The molecule has 138 valence electrons. The van der Waals surface area contributed by atoms with Crippen molar-refractivity contribution in [2.45, 2.75) is 11.8 Å². The molecule has 0 saturated carbocycles. The Balaban J connectivity index is 1.63. The van der Waals surface area contributed by atoms with Gasteiger partial charge in [-0.05, 0) is 37.3 Å². The van der Waals surface area contributed by atoms with Crippen molar-refractivity contribution in [2.75, 3.05) is 26.2 Å². The number of piperazine rings is 1. The highest BCUT2D eigenvalue weighted by molar-refractivity contribution is 7.89. The van der Waals surface area contributed by atoms with Crippen LogP contribution >= 0.6 is 0 Å². The van der Waals surface area contributed by atoms with Crippen molar-refractivity contribution in [2.24, 2.45) is 5.14 Å². The minimum Gasteiger partial charge on any atom is -0.459 e. The summed E-state index contributed by atoms with van der Waals surface area (Å²) in [5, 5.41) is 5.05. The number of hydrogen-bond acceptors (Lipinski definition) is 5. The molecule has 0 unspecified atom stereocenters. The predicted octanol–water partition coefficient (Wildman–Crippen LogP) is 0.834. The molecule has 1 saturated heterocycles. The first-order chi connectivity index (χ1) is 12.3. The summed E-state index contributed by atoms with van der Waals surface area (Å²) in [7, 11) is -3.79. The molecule has 0 radical (unpaired) electrons. The summed E-state index contributed by atoms with van der Waals surface area (Å²) in [6.07, 6.45) is 1.48. The lowest BCUT2D eigenvalue weighted by Crippen LogP contribution is -2.50. The van der Waals surface area contributed by atoms with Crippen LogP contribution in [-0.2, 0) is 10.0 Å². The maximum Gasteiger partial charge on any atom is 0.289 e. The first kappa shape index (κ1) is 18.2. The van der Waals surface area contributed by atoms with Crippen molar-refractivity contribution in [3.63, 3.8) is 0 Å². The quantitative estimate of drug-likeness (QED) is 0.851. The lowest BCUT2D eigenvalue weighted by atomic mass is 10.1.